The van der Waals surface area contributed by atoms with Crippen molar-refractivity contribution in [2.75, 3.05) is 0 Å². The fourth-order valence-electron chi connectivity index (χ4n) is 3.05. The highest BCUT2D eigenvalue weighted by Crippen LogP contribution is 2.35. The SMILES string of the molecule is CCC(N)(CC1Cc2cc(F)ccc2O1)c1ccccc1. The summed E-state index contributed by atoms with van der Waals surface area (Å²) in [6.45, 7) is 2.09. The molecule has 1 heterocycles. The molecular weight excluding hydrogens is 265 g/mol. The van der Waals surface area contributed by atoms with E-state index in [4.69, 9.17) is 10.5 Å². The van der Waals surface area contributed by atoms with Crippen LogP contribution in [0.3, 0.4) is 0 Å². The number of fused-ring (bicyclic) bond motifs is 1. The summed E-state index contributed by atoms with van der Waals surface area (Å²) in [6, 6.07) is 14.8. The first-order valence-corrected chi connectivity index (χ1v) is 7.40. The van der Waals surface area contributed by atoms with Crippen LogP contribution >= 0.6 is 0 Å². The van der Waals surface area contributed by atoms with Crippen molar-refractivity contribution >= 4 is 0 Å². The first-order chi connectivity index (χ1) is 10.1. The lowest BCUT2D eigenvalue weighted by molar-refractivity contribution is 0.176. The Labute approximate surface area is 124 Å². The van der Waals surface area contributed by atoms with E-state index in [0.717, 1.165) is 36.1 Å². The number of hydrogen-bond donors (Lipinski definition) is 1. The Morgan fingerprint density at radius 3 is 2.71 bits per heavy atom. The van der Waals surface area contributed by atoms with Crippen LogP contribution in [0.5, 0.6) is 5.75 Å². The number of halogens is 1. The molecule has 1 aliphatic rings. The van der Waals surface area contributed by atoms with Crippen LogP contribution in [0.15, 0.2) is 48.5 Å². The molecule has 2 aromatic rings. The lowest BCUT2D eigenvalue weighted by Crippen LogP contribution is -2.40. The van der Waals surface area contributed by atoms with Crippen LogP contribution in [-0.4, -0.2) is 6.10 Å². The van der Waals surface area contributed by atoms with E-state index in [1.807, 2.05) is 18.2 Å². The second-order valence-electron chi connectivity index (χ2n) is 5.78. The van der Waals surface area contributed by atoms with E-state index in [2.05, 4.69) is 19.1 Å². The fourth-order valence-corrected chi connectivity index (χ4v) is 3.05. The van der Waals surface area contributed by atoms with E-state index in [-0.39, 0.29) is 11.9 Å². The minimum absolute atomic E-state index is 0.00644. The second-order valence-corrected chi connectivity index (χ2v) is 5.78. The summed E-state index contributed by atoms with van der Waals surface area (Å²) < 4.78 is 19.2. The molecule has 0 bridgehead atoms. The first-order valence-electron chi connectivity index (χ1n) is 7.40. The summed E-state index contributed by atoms with van der Waals surface area (Å²) in [5.41, 5.74) is 8.26. The zero-order chi connectivity index (χ0) is 14.9. The van der Waals surface area contributed by atoms with Crippen LogP contribution in [0.4, 0.5) is 4.39 Å². The summed E-state index contributed by atoms with van der Waals surface area (Å²) in [6.07, 6.45) is 2.29. The summed E-state index contributed by atoms with van der Waals surface area (Å²) >= 11 is 0. The van der Waals surface area contributed by atoms with Gasteiger partial charge in [0.15, 0.2) is 0 Å². The van der Waals surface area contributed by atoms with Crippen LogP contribution < -0.4 is 10.5 Å². The molecule has 2 atom stereocenters. The highest BCUT2D eigenvalue weighted by Gasteiger charge is 2.33. The molecule has 2 N–H and O–H groups in total. The summed E-state index contributed by atoms with van der Waals surface area (Å²) in [7, 11) is 0. The first kappa shape index (κ1) is 14.1. The number of benzene rings is 2. The average Bonchev–Trinajstić information content (AvgIpc) is 2.89. The smallest absolute Gasteiger partial charge is 0.123 e. The summed E-state index contributed by atoms with van der Waals surface area (Å²) in [5.74, 6) is 0.573. The third-order valence-corrected chi connectivity index (χ3v) is 4.34. The van der Waals surface area contributed by atoms with E-state index < -0.39 is 5.54 Å². The van der Waals surface area contributed by atoms with Crippen molar-refractivity contribution in [1.82, 2.24) is 0 Å². The zero-order valence-corrected chi connectivity index (χ0v) is 12.2. The van der Waals surface area contributed by atoms with Crippen molar-refractivity contribution in [1.29, 1.82) is 0 Å². The molecule has 0 spiro atoms. The maximum Gasteiger partial charge on any atom is 0.123 e. The van der Waals surface area contributed by atoms with Gasteiger partial charge in [0.2, 0.25) is 0 Å². The summed E-state index contributed by atoms with van der Waals surface area (Å²) in [4.78, 5) is 0. The maximum absolute atomic E-state index is 13.3. The standard InChI is InChI=1S/C18H20FNO/c1-2-18(20,14-6-4-3-5-7-14)12-16-11-13-10-15(19)8-9-17(13)21-16/h3-10,16H,2,11-12,20H2,1H3. The van der Waals surface area contributed by atoms with Gasteiger partial charge in [-0.25, -0.2) is 4.39 Å². The lowest BCUT2D eigenvalue weighted by Gasteiger charge is -2.31. The van der Waals surface area contributed by atoms with Gasteiger partial charge in [0, 0.05) is 23.9 Å². The fraction of sp³-hybridized carbons (Fsp3) is 0.333. The van der Waals surface area contributed by atoms with Crippen molar-refractivity contribution in [3.63, 3.8) is 0 Å². The highest BCUT2D eigenvalue weighted by molar-refractivity contribution is 5.38. The molecule has 2 aromatic carbocycles. The normalized spacial score (nSPS) is 19.7. The number of rotatable bonds is 4. The van der Waals surface area contributed by atoms with Crippen LogP contribution in [0.1, 0.15) is 30.9 Å². The summed E-state index contributed by atoms with van der Waals surface area (Å²) in [5, 5.41) is 0. The Balaban J connectivity index is 1.78. The Hall–Kier alpha value is -1.87. The molecule has 2 nitrogen and oxygen atoms in total. The third kappa shape index (κ3) is 2.79. The molecule has 0 fully saturated rings. The van der Waals surface area contributed by atoms with Crippen LogP contribution in [0, 0.1) is 5.82 Å². The maximum atomic E-state index is 13.3. The van der Waals surface area contributed by atoms with E-state index in [1.165, 1.54) is 6.07 Å². The van der Waals surface area contributed by atoms with Crippen molar-refractivity contribution in [2.45, 2.75) is 37.8 Å². The van der Waals surface area contributed by atoms with Crippen molar-refractivity contribution < 1.29 is 9.13 Å². The molecule has 21 heavy (non-hydrogen) atoms. The van der Waals surface area contributed by atoms with Gasteiger partial charge in [-0.05, 0) is 30.2 Å². The molecule has 0 aliphatic carbocycles. The Kier molecular flexibility index (Phi) is 3.68. The van der Waals surface area contributed by atoms with Crippen molar-refractivity contribution in [3.8, 4) is 5.75 Å². The predicted molar refractivity (Wildman–Crippen MR) is 81.7 cm³/mol. The van der Waals surface area contributed by atoms with Gasteiger partial charge < -0.3 is 10.5 Å². The highest BCUT2D eigenvalue weighted by atomic mass is 19.1. The van der Waals surface area contributed by atoms with E-state index in [1.54, 1.807) is 12.1 Å². The minimum atomic E-state index is -0.410. The molecular formula is C18H20FNO. The predicted octanol–water partition coefficient (Wildman–Crippen LogP) is 3.78. The van der Waals surface area contributed by atoms with Gasteiger partial charge in [0.1, 0.15) is 17.7 Å². The molecule has 1 aliphatic heterocycles. The van der Waals surface area contributed by atoms with Crippen LogP contribution in [-0.2, 0) is 12.0 Å². The largest absolute Gasteiger partial charge is 0.490 e. The molecule has 0 radical (unpaired) electrons. The quantitative estimate of drug-likeness (QED) is 0.927. The number of ether oxygens (including phenoxy) is 1. The average molecular weight is 285 g/mol. The minimum Gasteiger partial charge on any atom is -0.490 e. The van der Waals surface area contributed by atoms with Gasteiger partial charge in [-0.3, -0.25) is 0 Å². The van der Waals surface area contributed by atoms with Crippen LogP contribution in [0.25, 0.3) is 0 Å². The molecule has 3 heteroatoms. The van der Waals surface area contributed by atoms with E-state index in [9.17, 15) is 4.39 Å². The van der Waals surface area contributed by atoms with Gasteiger partial charge in [-0.15, -0.1) is 0 Å². The lowest BCUT2D eigenvalue weighted by atomic mass is 9.82. The van der Waals surface area contributed by atoms with Gasteiger partial charge in [-0.2, -0.15) is 0 Å². The van der Waals surface area contributed by atoms with Crippen molar-refractivity contribution in [2.24, 2.45) is 5.73 Å². The second kappa shape index (κ2) is 5.49. The molecule has 110 valence electrons. The van der Waals surface area contributed by atoms with Gasteiger partial charge in [0.25, 0.3) is 0 Å². The van der Waals surface area contributed by atoms with E-state index >= 15 is 0 Å². The van der Waals surface area contributed by atoms with Gasteiger partial charge >= 0.3 is 0 Å². The van der Waals surface area contributed by atoms with Gasteiger partial charge in [0.05, 0.1) is 0 Å². The topological polar surface area (TPSA) is 35.2 Å². The van der Waals surface area contributed by atoms with E-state index in [0.29, 0.717) is 0 Å². The number of nitrogens with two attached hydrogens (primary N) is 1. The monoisotopic (exact) mass is 285 g/mol. The Bertz CT molecular complexity index is 628. The Morgan fingerprint density at radius 2 is 2.00 bits per heavy atom. The molecule has 2 unspecified atom stereocenters. The van der Waals surface area contributed by atoms with Gasteiger partial charge in [-0.1, -0.05) is 37.3 Å². The molecule has 0 saturated heterocycles. The van der Waals surface area contributed by atoms with Crippen molar-refractivity contribution in [3.05, 3.63) is 65.5 Å². The molecule has 0 aromatic heterocycles. The Morgan fingerprint density at radius 1 is 1.24 bits per heavy atom. The third-order valence-electron chi connectivity index (χ3n) is 4.34. The number of hydrogen-bond acceptors (Lipinski definition) is 2. The molecule has 0 saturated carbocycles. The zero-order valence-electron chi connectivity index (χ0n) is 12.2. The molecule has 0 amide bonds. The van der Waals surface area contributed by atoms with Crippen LogP contribution in [0.2, 0.25) is 0 Å². The molecule has 3 rings (SSSR count).